The lowest BCUT2D eigenvalue weighted by Gasteiger charge is -2.13. The Morgan fingerprint density at radius 3 is 2.62 bits per heavy atom. The average molecular weight is 412 g/mol. The second-order valence-corrected chi connectivity index (χ2v) is 7.64. The van der Waals surface area contributed by atoms with Crippen LogP contribution in [-0.2, 0) is 23.6 Å². The quantitative estimate of drug-likeness (QED) is 0.445. The highest BCUT2D eigenvalue weighted by atomic mass is 32.2. The molecule has 3 heterocycles. The molecule has 0 fully saturated rings. The number of sulfonamides is 1. The molecule has 2 N–H and O–H groups in total. The van der Waals surface area contributed by atoms with Crippen LogP contribution in [0.4, 0.5) is 11.5 Å². The van der Waals surface area contributed by atoms with E-state index in [0.29, 0.717) is 6.54 Å². The van der Waals surface area contributed by atoms with Gasteiger partial charge in [-0.25, -0.2) is 9.97 Å². The number of nitrogens with zero attached hydrogens (tertiary/aromatic N) is 8. The molecule has 0 atom stereocenters. The summed E-state index contributed by atoms with van der Waals surface area (Å²) in [6.45, 7) is 0.422. The first-order chi connectivity index (χ1) is 14.0. The van der Waals surface area contributed by atoms with Gasteiger partial charge in [0.05, 0.1) is 12.5 Å². The fourth-order valence-corrected chi connectivity index (χ4v) is 3.49. The van der Waals surface area contributed by atoms with Gasteiger partial charge in [-0.3, -0.25) is 4.72 Å². The van der Waals surface area contributed by atoms with E-state index in [1.807, 2.05) is 30.3 Å². The van der Waals surface area contributed by atoms with Crippen LogP contribution >= 0.6 is 0 Å². The summed E-state index contributed by atoms with van der Waals surface area (Å²) in [6, 6.07) is 9.61. The van der Waals surface area contributed by atoms with Gasteiger partial charge in [0.1, 0.15) is 12.0 Å². The van der Waals surface area contributed by atoms with Gasteiger partial charge in [-0.1, -0.05) is 30.3 Å². The van der Waals surface area contributed by atoms with Crippen molar-refractivity contribution < 1.29 is 8.42 Å². The average Bonchev–Trinajstić information content (AvgIpc) is 3.40. The molecule has 0 saturated carbocycles. The predicted octanol–water partition coefficient (Wildman–Crippen LogP) is 0.599. The summed E-state index contributed by atoms with van der Waals surface area (Å²) >= 11 is 0. The van der Waals surface area contributed by atoms with Crippen LogP contribution < -0.4 is 10.0 Å². The highest BCUT2D eigenvalue weighted by molar-refractivity contribution is 7.92. The Balaban J connectivity index is 1.66. The second kappa shape index (κ2) is 7.63. The fourth-order valence-electron chi connectivity index (χ4n) is 2.45. The topological polar surface area (TPSA) is 145 Å². The van der Waals surface area contributed by atoms with Crippen molar-refractivity contribution in [3.8, 4) is 5.95 Å². The lowest BCUT2D eigenvalue weighted by atomic mass is 10.2. The molecule has 0 radical (unpaired) electrons. The molecule has 4 aromatic rings. The van der Waals surface area contributed by atoms with E-state index in [1.165, 1.54) is 29.7 Å². The summed E-state index contributed by atoms with van der Waals surface area (Å²) in [5.41, 5.74) is 1.16. The third-order valence-electron chi connectivity index (χ3n) is 3.83. The van der Waals surface area contributed by atoms with Crippen LogP contribution in [-0.4, -0.2) is 48.1 Å². The van der Waals surface area contributed by atoms with E-state index in [4.69, 9.17) is 0 Å². The van der Waals surface area contributed by atoms with Gasteiger partial charge in [-0.2, -0.15) is 18.1 Å². The molecule has 0 amide bonds. The minimum Gasteiger partial charge on any atom is -0.364 e. The van der Waals surface area contributed by atoms with Crippen molar-refractivity contribution >= 4 is 21.5 Å². The number of rotatable bonds is 7. The molecular formula is C16H16N10O2S. The first-order valence-corrected chi connectivity index (χ1v) is 9.88. The Labute approximate surface area is 165 Å². The molecule has 29 heavy (non-hydrogen) atoms. The number of nitrogens with one attached hydrogen (secondary N) is 2. The van der Waals surface area contributed by atoms with Crippen molar-refractivity contribution in [2.45, 2.75) is 11.6 Å². The van der Waals surface area contributed by atoms with E-state index in [0.717, 1.165) is 5.56 Å². The third-order valence-corrected chi connectivity index (χ3v) is 5.08. The molecule has 0 unspecified atom stereocenters. The highest BCUT2D eigenvalue weighted by Crippen LogP contribution is 2.23. The maximum Gasteiger partial charge on any atom is 0.281 e. The van der Waals surface area contributed by atoms with Gasteiger partial charge in [-0.15, -0.1) is 5.10 Å². The van der Waals surface area contributed by atoms with Gasteiger partial charge in [0, 0.05) is 19.8 Å². The highest BCUT2D eigenvalue weighted by Gasteiger charge is 2.20. The van der Waals surface area contributed by atoms with Gasteiger partial charge in [-0.05, 0) is 16.0 Å². The molecular weight excluding hydrogens is 396 g/mol. The number of imidazole rings is 1. The predicted molar refractivity (Wildman–Crippen MR) is 103 cm³/mol. The van der Waals surface area contributed by atoms with E-state index < -0.39 is 10.0 Å². The zero-order chi connectivity index (χ0) is 20.3. The smallest absolute Gasteiger partial charge is 0.281 e. The number of aryl methyl sites for hydroxylation is 1. The van der Waals surface area contributed by atoms with E-state index >= 15 is 0 Å². The Kier molecular flexibility index (Phi) is 4.87. The number of tetrazole rings is 1. The third kappa shape index (κ3) is 4.19. The molecule has 0 saturated heterocycles. The molecule has 0 aliphatic rings. The van der Waals surface area contributed by atoms with Crippen molar-refractivity contribution in [2.75, 3.05) is 10.0 Å². The number of hydrogen-bond donors (Lipinski definition) is 2. The Morgan fingerprint density at radius 1 is 1.10 bits per heavy atom. The molecule has 0 aliphatic carbocycles. The van der Waals surface area contributed by atoms with Gasteiger partial charge < -0.3 is 9.88 Å². The summed E-state index contributed by atoms with van der Waals surface area (Å²) < 4.78 is 30.6. The fraction of sp³-hybridized carbons (Fsp3) is 0.125. The first kappa shape index (κ1) is 18.5. The minimum atomic E-state index is -3.91. The summed E-state index contributed by atoms with van der Waals surface area (Å²) in [5, 5.41) is 13.9. The van der Waals surface area contributed by atoms with Crippen molar-refractivity contribution in [3.05, 3.63) is 60.9 Å². The van der Waals surface area contributed by atoms with Gasteiger partial charge in [0.25, 0.3) is 16.0 Å². The van der Waals surface area contributed by atoms with E-state index in [2.05, 4.69) is 40.5 Å². The minimum absolute atomic E-state index is 0.112. The van der Waals surface area contributed by atoms with Crippen molar-refractivity contribution in [2.24, 2.45) is 7.05 Å². The maximum atomic E-state index is 12.6. The number of aromatic nitrogens is 8. The largest absolute Gasteiger partial charge is 0.364 e. The summed E-state index contributed by atoms with van der Waals surface area (Å²) in [5.74, 6) is 0.459. The van der Waals surface area contributed by atoms with Crippen molar-refractivity contribution in [1.82, 2.24) is 39.7 Å². The Bertz CT molecular complexity index is 1210. The Morgan fingerprint density at radius 2 is 1.93 bits per heavy atom. The standard InChI is InChI=1S/C16H16N10O2S/c1-25-9-14(19-10-25)29(27,28)22-13-8-18-16(26-11-20-23-24-26)21-15(13)17-7-12-5-3-2-4-6-12/h2-6,8-11,22H,7H2,1H3,(H,17,18,21). The van der Waals surface area contributed by atoms with Crippen LogP contribution in [0, 0.1) is 0 Å². The molecule has 0 aliphatic heterocycles. The van der Waals surface area contributed by atoms with E-state index in [1.54, 1.807) is 11.6 Å². The van der Waals surface area contributed by atoms with Crippen LogP contribution in [0.1, 0.15) is 5.56 Å². The zero-order valence-corrected chi connectivity index (χ0v) is 16.0. The van der Waals surface area contributed by atoms with Crippen molar-refractivity contribution in [1.29, 1.82) is 0 Å². The maximum absolute atomic E-state index is 12.6. The van der Waals surface area contributed by atoms with E-state index in [-0.39, 0.29) is 22.5 Å². The van der Waals surface area contributed by atoms with E-state index in [9.17, 15) is 8.42 Å². The normalized spacial score (nSPS) is 11.3. The summed E-state index contributed by atoms with van der Waals surface area (Å²) in [6.07, 6.45) is 5.49. The first-order valence-electron chi connectivity index (χ1n) is 8.40. The molecule has 12 nitrogen and oxygen atoms in total. The lowest BCUT2D eigenvalue weighted by Crippen LogP contribution is -2.17. The number of anilines is 2. The summed E-state index contributed by atoms with van der Waals surface area (Å²) in [4.78, 5) is 12.4. The van der Waals surface area contributed by atoms with Crippen LogP contribution in [0.2, 0.25) is 0 Å². The monoisotopic (exact) mass is 412 g/mol. The second-order valence-electron chi connectivity index (χ2n) is 6.01. The molecule has 0 spiro atoms. The lowest BCUT2D eigenvalue weighted by molar-refractivity contribution is 0.598. The zero-order valence-electron chi connectivity index (χ0n) is 15.2. The summed E-state index contributed by atoms with van der Waals surface area (Å²) in [7, 11) is -2.23. The van der Waals surface area contributed by atoms with Crippen molar-refractivity contribution in [3.63, 3.8) is 0 Å². The van der Waals surface area contributed by atoms with Gasteiger partial charge in [0.15, 0.2) is 10.8 Å². The SMILES string of the molecule is Cn1cnc(S(=O)(=O)Nc2cnc(-n3cnnn3)nc2NCc2ccccc2)c1. The Hall–Kier alpha value is -3.87. The molecule has 4 rings (SSSR count). The number of benzene rings is 1. The van der Waals surface area contributed by atoms with Gasteiger partial charge in [0.2, 0.25) is 0 Å². The van der Waals surface area contributed by atoms with Crippen LogP contribution in [0.25, 0.3) is 5.95 Å². The van der Waals surface area contributed by atoms with Crippen LogP contribution in [0.15, 0.2) is 60.4 Å². The van der Waals surface area contributed by atoms with Crippen LogP contribution in [0.3, 0.4) is 0 Å². The van der Waals surface area contributed by atoms with Gasteiger partial charge >= 0.3 is 0 Å². The molecule has 0 bridgehead atoms. The number of hydrogen-bond acceptors (Lipinski definition) is 9. The van der Waals surface area contributed by atoms with Crippen LogP contribution in [0.5, 0.6) is 0 Å². The molecule has 3 aromatic heterocycles. The molecule has 1 aromatic carbocycles. The molecule has 13 heteroatoms. The molecule has 148 valence electrons.